The normalized spacial score (nSPS) is 14.3. The number of benzene rings is 7. The van der Waals surface area contributed by atoms with Crippen LogP contribution in [0.1, 0.15) is 22.9 Å². The first-order chi connectivity index (χ1) is 24.2. The molecule has 4 nitrogen and oxygen atoms in total. The molecule has 1 atom stereocenters. The van der Waals surface area contributed by atoms with Crippen LogP contribution in [0.3, 0.4) is 0 Å². The van der Waals surface area contributed by atoms with Crippen LogP contribution in [-0.2, 0) is 0 Å². The average molecular weight is 630 g/mol. The molecule has 0 amide bonds. The molecule has 0 saturated heterocycles. The number of fused-ring (bicyclic) bond motifs is 3. The molecule has 0 saturated carbocycles. The number of hydrogen-bond acceptors (Lipinski definition) is 4. The third kappa shape index (κ3) is 5.60. The second-order valence-electron chi connectivity index (χ2n) is 12.3. The minimum absolute atomic E-state index is 0.441. The van der Waals surface area contributed by atoms with E-state index in [2.05, 4.69) is 145 Å². The van der Waals surface area contributed by atoms with E-state index in [1.54, 1.807) is 0 Å². The van der Waals surface area contributed by atoms with Crippen LogP contribution in [0.4, 0.5) is 0 Å². The topological polar surface area (TPSA) is 49.9 Å². The second-order valence-corrected chi connectivity index (χ2v) is 12.3. The van der Waals surface area contributed by atoms with Gasteiger partial charge < -0.3 is 9.73 Å². The van der Waals surface area contributed by atoms with Crippen molar-refractivity contribution in [2.45, 2.75) is 6.17 Å². The van der Waals surface area contributed by atoms with Gasteiger partial charge in [0.15, 0.2) is 6.17 Å². The van der Waals surface area contributed by atoms with Gasteiger partial charge in [-0.05, 0) is 81.4 Å². The summed E-state index contributed by atoms with van der Waals surface area (Å²) in [6.45, 7) is 0. The van der Waals surface area contributed by atoms with Crippen LogP contribution < -0.4 is 5.32 Å². The molecule has 0 spiro atoms. The van der Waals surface area contributed by atoms with Crippen LogP contribution in [0.15, 0.2) is 190 Å². The summed E-state index contributed by atoms with van der Waals surface area (Å²) in [6.07, 6.45) is -0.441. The number of nitrogens with one attached hydrogen (secondary N) is 1. The van der Waals surface area contributed by atoms with Gasteiger partial charge in [-0.15, -0.1) is 0 Å². The molecule has 0 aliphatic carbocycles. The van der Waals surface area contributed by atoms with Crippen LogP contribution in [0.2, 0.25) is 0 Å². The molecule has 1 N–H and O–H groups in total. The van der Waals surface area contributed by atoms with Crippen molar-refractivity contribution in [3.05, 3.63) is 193 Å². The summed E-state index contributed by atoms with van der Waals surface area (Å²) < 4.78 is 6.24. The summed E-state index contributed by atoms with van der Waals surface area (Å²) in [5.41, 5.74) is 11.6. The number of para-hydroxylation sites is 1. The fraction of sp³-hybridized carbons (Fsp3) is 0.0222. The molecule has 232 valence electrons. The van der Waals surface area contributed by atoms with Gasteiger partial charge in [-0.3, -0.25) is 0 Å². The largest absolute Gasteiger partial charge is 0.456 e. The maximum atomic E-state index is 6.24. The van der Waals surface area contributed by atoms with Gasteiger partial charge in [0.1, 0.15) is 22.8 Å². The van der Waals surface area contributed by atoms with Crippen LogP contribution >= 0.6 is 0 Å². The number of hydrogen-bond donors (Lipinski definition) is 1. The molecule has 0 fully saturated rings. The SMILES string of the molecule is c1ccc(C2=NC(c3cccc(-c4cc(-c5ccccc5)cc(-c5ccccc5)c4)c3)N=C(c3ccc4c(c3)oc3ccccc34)N2)cc1. The molecule has 0 bridgehead atoms. The van der Waals surface area contributed by atoms with E-state index in [1.165, 1.54) is 22.3 Å². The molecule has 49 heavy (non-hydrogen) atoms. The van der Waals surface area contributed by atoms with Crippen molar-refractivity contribution in [2.75, 3.05) is 0 Å². The molecule has 1 unspecified atom stereocenters. The van der Waals surface area contributed by atoms with Crippen LogP contribution in [0.25, 0.3) is 55.3 Å². The van der Waals surface area contributed by atoms with Gasteiger partial charge in [0.05, 0.1) is 0 Å². The van der Waals surface area contributed by atoms with E-state index < -0.39 is 6.17 Å². The summed E-state index contributed by atoms with van der Waals surface area (Å²) >= 11 is 0. The molecule has 9 rings (SSSR count). The second kappa shape index (κ2) is 12.3. The predicted octanol–water partition coefficient (Wildman–Crippen LogP) is 11.1. The Morgan fingerprint density at radius 1 is 0.367 bits per heavy atom. The molecule has 1 aliphatic heterocycles. The molecule has 4 heteroatoms. The van der Waals surface area contributed by atoms with Crippen molar-refractivity contribution in [2.24, 2.45) is 9.98 Å². The lowest BCUT2D eigenvalue weighted by Crippen LogP contribution is -2.36. The zero-order valence-electron chi connectivity index (χ0n) is 26.6. The number of aliphatic imine (C=N–C) groups is 2. The molecule has 7 aromatic carbocycles. The summed E-state index contributed by atoms with van der Waals surface area (Å²) in [5, 5.41) is 5.73. The Balaban J connectivity index is 1.15. The van der Waals surface area contributed by atoms with Crippen LogP contribution in [0.5, 0.6) is 0 Å². The Hall–Kier alpha value is -6.52. The lowest BCUT2D eigenvalue weighted by molar-refractivity contribution is 0.668. The number of amidine groups is 2. The average Bonchev–Trinajstić information content (AvgIpc) is 3.57. The van der Waals surface area contributed by atoms with Gasteiger partial charge in [0, 0.05) is 21.9 Å². The summed E-state index contributed by atoms with van der Waals surface area (Å²) in [6, 6.07) is 61.3. The Morgan fingerprint density at radius 2 is 0.898 bits per heavy atom. The lowest BCUT2D eigenvalue weighted by atomic mass is 9.92. The first-order valence-corrected chi connectivity index (χ1v) is 16.5. The van der Waals surface area contributed by atoms with Gasteiger partial charge in [0.2, 0.25) is 0 Å². The van der Waals surface area contributed by atoms with Gasteiger partial charge >= 0.3 is 0 Å². The van der Waals surface area contributed by atoms with E-state index in [9.17, 15) is 0 Å². The van der Waals surface area contributed by atoms with E-state index >= 15 is 0 Å². The third-order valence-electron chi connectivity index (χ3n) is 9.10. The third-order valence-corrected chi connectivity index (χ3v) is 9.10. The zero-order valence-corrected chi connectivity index (χ0v) is 26.6. The lowest BCUT2D eigenvalue weighted by Gasteiger charge is -2.22. The van der Waals surface area contributed by atoms with E-state index in [0.29, 0.717) is 0 Å². The highest BCUT2D eigenvalue weighted by Gasteiger charge is 2.22. The van der Waals surface area contributed by atoms with E-state index in [4.69, 9.17) is 14.4 Å². The zero-order chi connectivity index (χ0) is 32.6. The van der Waals surface area contributed by atoms with Crippen molar-refractivity contribution in [1.82, 2.24) is 5.32 Å². The maximum Gasteiger partial charge on any atom is 0.169 e. The Labute approximate surface area is 284 Å². The minimum Gasteiger partial charge on any atom is -0.456 e. The molecule has 1 aromatic heterocycles. The molecule has 2 heterocycles. The molecule has 0 radical (unpaired) electrons. The molecule has 1 aliphatic rings. The van der Waals surface area contributed by atoms with Crippen molar-refractivity contribution in [3.8, 4) is 33.4 Å². The van der Waals surface area contributed by atoms with Crippen molar-refractivity contribution >= 4 is 33.6 Å². The van der Waals surface area contributed by atoms with Crippen molar-refractivity contribution < 1.29 is 4.42 Å². The Morgan fingerprint density at radius 3 is 1.57 bits per heavy atom. The van der Waals surface area contributed by atoms with Gasteiger partial charge in [-0.25, -0.2) is 9.98 Å². The highest BCUT2D eigenvalue weighted by molar-refractivity contribution is 6.17. The van der Waals surface area contributed by atoms with E-state index in [-0.39, 0.29) is 0 Å². The summed E-state index contributed by atoms with van der Waals surface area (Å²) in [4.78, 5) is 10.4. The summed E-state index contributed by atoms with van der Waals surface area (Å²) in [7, 11) is 0. The van der Waals surface area contributed by atoms with Gasteiger partial charge in [0.25, 0.3) is 0 Å². The smallest absolute Gasteiger partial charge is 0.169 e. The van der Waals surface area contributed by atoms with Crippen molar-refractivity contribution in [3.63, 3.8) is 0 Å². The predicted molar refractivity (Wildman–Crippen MR) is 202 cm³/mol. The van der Waals surface area contributed by atoms with Crippen molar-refractivity contribution in [1.29, 1.82) is 0 Å². The van der Waals surface area contributed by atoms with Crippen LogP contribution in [0, 0.1) is 0 Å². The monoisotopic (exact) mass is 629 g/mol. The minimum atomic E-state index is -0.441. The van der Waals surface area contributed by atoms with Gasteiger partial charge in [-0.1, -0.05) is 133 Å². The quantitative estimate of drug-likeness (QED) is 0.199. The highest BCUT2D eigenvalue weighted by Crippen LogP contribution is 2.35. The fourth-order valence-corrected chi connectivity index (χ4v) is 6.63. The number of furan rings is 1. The first-order valence-electron chi connectivity index (χ1n) is 16.5. The summed E-state index contributed by atoms with van der Waals surface area (Å²) in [5.74, 6) is 1.53. The number of nitrogens with zero attached hydrogens (tertiary/aromatic N) is 2. The highest BCUT2D eigenvalue weighted by atomic mass is 16.3. The molecule has 8 aromatic rings. The number of rotatable bonds is 6. The Bertz CT molecular complexity index is 2460. The maximum absolute atomic E-state index is 6.24. The van der Waals surface area contributed by atoms with Gasteiger partial charge in [-0.2, -0.15) is 0 Å². The van der Waals surface area contributed by atoms with Crippen LogP contribution in [-0.4, -0.2) is 11.7 Å². The fourth-order valence-electron chi connectivity index (χ4n) is 6.63. The molecular weight excluding hydrogens is 599 g/mol. The van der Waals surface area contributed by atoms with E-state index in [0.717, 1.165) is 61.4 Å². The van der Waals surface area contributed by atoms with E-state index in [1.807, 2.05) is 36.4 Å². The molecular formula is C45H31N3O. The first kappa shape index (κ1) is 28.7. The Kier molecular flexibility index (Phi) is 7.17. The standard InChI is InChI=1S/C45H31N3O/c1-4-13-30(14-5-1)36-26-37(31-15-6-2-7-16-31)28-38(27-36)33-19-12-20-34(25-33)44-46-43(32-17-8-3-9-18-32)47-45(48-44)35-23-24-40-39-21-10-11-22-41(39)49-42(40)29-35/h1-29,44H,(H,46,47,48).